The Balaban J connectivity index is 1.74. The Labute approximate surface area is 95.0 Å². The van der Waals surface area contributed by atoms with Crippen molar-refractivity contribution in [2.75, 3.05) is 7.05 Å². The second-order valence-electron chi connectivity index (χ2n) is 6.26. The largest absolute Gasteiger partial charge is 0.314 e. The fraction of sp³-hybridized carbons (Fsp3) is 1.00. The van der Waals surface area contributed by atoms with Crippen molar-refractivity contribution in [3.05, 3.63) is 0 Å². The van der Waals surface area contributed by atoms with Crippen LogP contribution in [0.5, 0.6) is 0 Å². The van der Waals surface area contributed by atoms with Gasteiger partial charge in [0.05, 0.1) is 0 Å². The summed E-state index contributed by atoms with van der Waals surface area (Å²) in [6.45, 7) is 4.78. The van der Waals surface area contributed by atoms with Crippen LogP contribution in [0.25, 0.3) is 0 Å². The lowest BCUT2D eigenvalue weighted by atomic mass is 9.75. The van der Waals surface area contributed by atoms with Crippen molar-refractivity contribution in [1.82, 2.24) is 5.32 Å². The van der Waals surface area contributed by atoms with Crippen molar-refractivity contribution in [3.63, 3.8) is 0 Å². The molecule has 2 rings (SSSR count). The Morgan fingerprint density at radius 1 is 1.13 bits per heavy atom. The number of hydrogen-bond acceptors (Lipinski definition) is 1. The Bertz CT molecular complexity index is 197. The summed E-state index contributed by atoms with van der Waals surface area (Å²) in [5, 5.41) is 3.53. The summed E-state index contributed by atoms with van der Waals surface area (Å²) in [6, 6.07) is 0. The van der Waals surface area contributed by atoms with Crippen LogP contribution in [-0.4, -0.2) is 12.6 Å². The van der Waals surface area contributed by atoms with Crippen molar-refractivity contribution in [2.45, 2.75) is 64.3 Å². The first-order valence-electron chi connectivity index (χ1n) is 6.84. The van der Waals surface area contributed by atoms with Crippen LogP contribution in [0.3, 0.4) is 0 Å². The van der Waals surface area contributed by atoms with Gasteiger partial charge >= 0.3 is 0 Å². The first-order valence-corrected chi connectivity index (χ1v) is 6.84. The Kier molecular flexibility index (Phi) is 3.39. The first kappa shape index (κ1) is 11.4. The van der Waals surface area contributed by atoms with Gasteiger partial charge in [-0.2, -0.15) is 0 Å². The molecule has 0 aromatic heterocycles. The molecule has 0 bridgehead atoms. The lowest BCUT2D eigenvalue weighted by Gasteiger charge is -2.32. The van der Waals surface area contributed by atoms with Gasteiger partial charge in [0.2, 0.25) is 0 Å². The molecular weight excluding hydrogens is 182 g/mol. The summed E-state index contributed by atoms with van der Waals surface area (Å²) < 4.78 is 0. The van der Waals surface area contributed by atoms with E-state index in [9.17, 15) is 0 Å². The van der Waals surface area contributed by atoms with E-state index in [0.717, 1.165) is 17.8 Å². The van der Waals surface area contributed by atoms with Gasteiger partial charge < -0.3 is 5.32 Å². The molecule has 0 aliphatic heterocycles. The second-order valence-corrected chi connectivity index (χ2v) is 6.26. The van der Waals surface area contributed by atoms with Crippen LogP contribution in [0.15, 0.2) is 0 Å². The summed E-state index contributed by atoms with van der Waals surface area (Å²) in [6.07, 6.45) is 10.3. The van der Waals surface area contributed by atoms with Crippen LogP contribution in [0.1, 0.15) is 58.8 Å². The van der Waals surface area contributed by atoms with Crippen molar-refractivity contribution < 1.29 is 0 Å². The van der Waals surface area contributed by atoms with E-state index in [4.69, 9.17) is 0 Å². The molecule has 0 saturated heterocycles. The molecule has 2 saturated carbocycles. The molecule has 0 aromatic carbocycles. The van der Waals surface area contributed by atoms with E-state index in [-0.39, 0.29) is 0 Å². The van der Waals surface area contributed by atoms with Crippen LogP contribution in [0, 0.1) is 17.8 Å². The number of rotatable bonds is 4. The van der Waals surface area contributed by atoms with Gasteiger partial charge in [0, 0.05) is 5.54 Å². The summed E-state index contributed by atoms with van der Waals surface area (Å²) >= 11 is 0. The predicted molar refractivity (Wildman–Crippen MR) is 65.9 cm³/mol. The van der Waals surface area contributed by atoms with E-state index in [1.807, 2.05) is 0 Å². The predicted octanol–water partition coefficient (Wildman–Crippen LogP) is 3.59. The van der Waals surface area contributed by atoms with E-state index in [2.05, 4.69) is 26.2 Å². The zero-order valence-corrected chi connectivity index (χ0v) is 10.7. The van der Waals surface area contributed by atoms with E-state index in [1.54, 1.807) is 0 Å². The average Bonchev–Trinajstić information content (AvgIpc) is 2.99. The minimum Gasteiger partial charge on any atom is -0.314 e. The molecule has 0 atom stereocenters. The zero-order chi connectivity index (χ0) is 10.9. The minimum absolute atomic E-state index is 0.579. The van der Waals surface area contributed by atoms with Gasteiger partial charge in [0.25, 0.3) is 0 Å². The van der Waals surface area contributed by atoms with Crippen molar-refractivity contribution in [1.29, 1.82) is 0 Å². The fourth-order valence-electron chi connectivity index (χ4n) is 3.32. The molecule has 1 N–H and O–H groups in total. The quantitative estimate of drug-likeness (QED) is 0.746. The third-order valence-corrected chi connectivity index (χ3v) is 4.90. The Morgan fingerprint density at radius 2 is 1.73 bits per heavy atom. The van der Waals surface area contributed by atoms with Crippen LogP contribution >= 0.6 is 0 Å². The van der Waals surface area contributed by atoms with E-state index in [0.29, 0.717) is 5.54 Å². The van der Waals surface area contributed by atoms with Gasteiger partial charge in [-0.15, -0.1) is 0 Å². The highest BCUT2D eigenvalue weighted by Gasteiger charge is 2.42. The molecule has 0 unspecified atom stereocenters. The zero-order valence-electron chi connectivity index (χ0n) is 10.7. The van der Waals surface area contributed by atoms with Crippen LogP contribution < -0.4 is 5.32 Å². The monoisotopic (exact) mass is 209 g/mol. The Hall–Kier alpha value is -0.0400. The van der Waals surface area contributed by atoms with Crippen molar-refractivity contribution in [3.8, 4) is 0 Å². The molecule has 0 amide bonds. The molecule has 0 aromatic rings. The van der Waals surface area contributed by atoms with Gasteiger partial charge in [-0.05, 0) is 56.9 Å². The molecule has 88 valence electrons. The maximum Gasteiger partial charge on any atom is 0.0182 e. The van der Waals surface area contributed by atoms with Crippen LogP contribution in [-0.2, 0) is 0 Å². The maximum absolute atomic E-state index is 3.53. The number of hydrogen-bond donors (Lipinski definition) is 1. The van der Waals surface area contributed by atoms with E-state index in [1.165, 1.54) is 44.9 Å². The molecule has 0 radical (unpaired) electrons. The molecule has 2 aliphatic carbocycles. The third-order valence-electron chi connectivity index (χ3n) is 4.90. The molecule has 2 fully saturated rings. The van der Waals surface area contributed by atoms with E-state index >= 15 is 0 Å². The Morgan fingerprint density at radius 3 is 2.13 bits per heavy atom. The molecule has 0 heterocycles. The SMILES string of the molecule is CNC1(CC2CCC(C(C)C)CC2)CC1. The lowest BCUT2D eigenvalue weighted by molar-refractivity contribution is 0.202. The highest BCUT2D eigenvalue weighted by Crippen LogP contribution is 2.45. The normalized spacial score (nSPS) is 34.4. The summed E-state index contributed by atoms with van der Waals surface area (Å²) in [5.41, 5.74) is 0.579. The minimum atomic E-state index is 0.579. The molecule has 1 nitrogen and oxygen atoms in total. The standard InChI is InChI=1S/C14H27N/c1-11(2)13-6-4-12(5-7-13)10-14(15-3)8-9-14/h11-13,15H,4-10H2,1-3H3. The van der Waals surface area contributed by atoms with Gasteiger partial charge in [-0.3, -0.25) is 0 Å². The molecule has 0 spiro atoms. The summed E-state index contributed by atoms with van der Waals surface area (Å²) in [4.78, 5) is 0. The smallest absolute Gasteiger partial charge is 0.0182 e. The van der Waals surface area contributed by atoms with Gasteiger partial charge in [-0.1, -0.05) is 26.7 Å². The summed E-state index contributed by atoms with van der Waals surface area (Å²) in [7, 11) is 2.15. The molecule has 1 heteroatoms. The topological polar surface area (TPSA) is 12.0 Å². The molecule has 15 heavy (non-hydrogen) atoms. The molecule has 2 aliphatic rings. The second kappa shape index (κ2) is 4.45. The maximum atomic E-state index is 3.53. The first-order chi connectivity index (χ1) is 7.15. The highest BCUT2D eigenvalue weighted by atomic mass is 15.0. The number of nitrogens with one attached hydrogen (secondary N) is 1. The average molecular weight is 209 g/mol. The van der Waals surface area contributed by atoms with E-state index < -0.39 is 0 Å². The van der Waals surface area contributed by atoms with Crippen molar-refractivity contribution >= 4 is 0 Å². The summed E-state index contributed by atoms with van der Waals surface area (Å²) in [5.74, 6) is 2.95. The third kappa shape index (κ3) is 2.75. The fourth-order valence-corrected chi connectivity index (χ4v) is 3.32. The van der Waals surface area contributed by atoms with Gasteiger partial charge in [0.15, 0.2) is 0 Å². The van der Waals surface area contributed by atoms with Crippen LogP contribution in [0.4, 0.5) is 0 Å². The van der Waals surface area contributed by atoms with Crippen molar-refractivity contribution in [2.24, 2.45) is 17.8 Å². The van der Waals surface area contributed by atoms with Gasteiger partial charge in [-0.25, -0.2) is 0 Å². The van der Waals surface area contributed by atoms with Gasteiger partial charge in [0.1, 0.15) is 0 Å². The van der Waals surface area contributed by atoms with Crippen LogP contribution in [0.2, 0.25) is 0 Å². The molecular formula is C14H27N. The highest BCUT2D eigenvalue weighted by molar-refractivity contribution is 5.02. The lowest BCUT2D eigenvalue weighted by Crippen LogP contribution is -2.31.